The predicted octanol–water partition coefficient (Wildman–Crippen LogP) is 3.77. The lowest BCUT2D eigenvalue weighted by Gasteiger charge is -2.14. The molecule has 1 unspecified atom stereocenters. The molecule has 0 radical (unpaired) electrons. The molecule has 1 aromatic carbocycles. The highest BCUT2D eigenvalue weighted by Crippen LogP contribution is 2.22. The SMILES string of the molecule is C=CCOC(C)C(=O)Nc1ccnn1Cc1ccc(Cl)cc1Cl. The number of aromatic nitrogens is 2. The Kier molecular flexibility index (Phi) is 6.21. The second-order valence-electron chi connectivity index (χ2n) is 4.86. The van der Waals surface area contributed by atoms with E-state index in [9.17, 15) is 4.79 Å². The van der Waals surface area contributed by atoms with Crippen LogP contribution in [0.15, 0.2) is 43.1 Å². The Morgan fingerprint density at radius 3 is 2.96 bits per heavy atom. The van der Waals surface area contributed by atoms with Crippen LogP contribution in [0.3, 0.4) is 0 Å². The summed E-state index contributed by atoms with van der Waals surface area (Å²) in [6, 6.07) is 6.97. The molecule has 7 heteroatoms. The normalized spacial score (nSPS) is 12.0. The summed E-state index contributed by atoms with van der Waals surface area (Å²) in [6.07, 6.45) is 2.61. The second kappa shape index (κ2) is 8.15. The van der Waals surface area contributed by atoms with Crippen molar-refractivity contribution in [2.45, 2.75) is 19.6 Å². The maximum atomic E-state index is 12.1. The number of amides is 1. The molecular formula is C16H17Cl2N3O2. The molecule has 2 rings (SSSR count). The summed E-state index contributed by atoms with van der Waals surface area (Å²) in [6.45, 7) is 5.96. The van der Waals surface area contributed by atoms with Crippen LogP contribution in [0.2, 0.25) is 10.0 Å². The number of anilines is 1. The van der Waals surface area contributed by atoms with Crippen molar-refractivity contribution < 1.29 is 9.53 Å². The topological polar surface area (TPSA) is 56.1 Å². The number of nitrogens with zero attached hydrogens (tertiary/aromatic N) is 2. The van der Waals surface area contributed by atoms with Gasteiger partial charge in [-0.3, -0.25) is 4.79 Å². The van der Waals surface area contributed by atoms with Gasteiger partial charge in [0.05, 0.1) is 19.3 Å². The monoisotopic (exact) mass is 353 g/mol. The molecule has 0 spiro atoms. The molecule has 0 aliphatic heterocycles. The minimum Gasteiger partial charge on any atom is -0.365 e. The van der Waals surface area contributed by atoms with Crippen LogP contribution in [0.5, 0.6) is 0 Å². The number of carbonyl (C=O) groups is 1. The lowest BCUT2D eigenvalue weighted by Crippen LogP contribution is -2.29. The van der Waals surface area contributed by atoms with Gasteiger partial charge in [-0.2, -0.15) is 5.10 Å². The summed E-state index contributed by atoms with van der Waals surface area (Å²) in [5.41, 5.74) is 0.853. The Hall–Kier alpha value is -1.82. The third kappa shape index (κ3) is 4.82. The van der Waals surface area contributed by atoms with E-state index in [0.29, 0.717) is 29.0 Å². The summed E-state index contributed by atoms with van der Waals surface area (Å²) in [5, 5.41) is 8.11. The van der Waals surface area contributed by atoms with E-state index in [1.165, 1.54) is 0 Å². The van der Waals surface area contributed by atoms with Crippen LogP contribution >= 0.6 is 23.2 Å². The van der Waals surface area contributed by atoms with Crippen molar-refractivity contribution in [3.05, 3.63) is 58.7 Å². The molecule has 1 N–H and O–H groups in total. The first-order valence-corrected chi connectivity index (χ1v) is 7.76. The number of ether oxygens (including phenoxy) is 1. The van der Waals surface area contributed by atoms with Crippen molar-refractivity contribution in [1.29, 1.82) is 0 Å². The predicted molar refractivity (Wildman–Crippen MR) is 92.0 cm³/mol. The van der Waals surface area contributed by atoms with Gasteiger partial charge in [-0.05, 0) is 24.6 Å². The number of halogens is 2. The van der Waals surface area contributed by atoms with E-state index in [1.807, 2.05) is 6.07 Å². The Bertz CT molecular complexity index is 700. The summed E-state index contributed by atoms with van der Waals surface area (Å²) in [4.78, 5) is 12.1. The summed E-state index contributed by atoms with van der Waals surface area (Å²) < 4.78 is 6.94. The molecule has 0 saturated carbocycles. The van der Waals surface area contributed by atoms with Crippen LogP contribution < -0.4 is 5.32 Å². The fourth-order valence-corrected chi connectivity index (χ4v) is 2.36. The first kappa shape index (κ1) is 17.5. The number of nitrogens with one attached hydrogen (secondary N) is 1. The molecule has 1 amide bonds. The average Bonchev–Trinajstić information content (AvgIpc) is 2.94. The van der Waals surface area contributed by atoms with Gasteiger partial charge in [0.25, 0.3) is 5.91 Å². The lowest BCUT2D eigenvalue weighted by molar-refractivity contribution is -0.125. The van der Waals surface area contributed by atoms with E-state index in [1.54, 1.807) is 42.1 Å². The van der Waals surface area contributed by atoms with E-state index in [2.05, 4.69) is 17.0 Å². The third-order valence-corrected chi connectivity index (χ3v) is 3.72. The number of rotatable bonds is 7. The molecule has 122 valence electrons. The number of benzene rings is 1. The highest BCUT2D eigenvalue weighted by atomic mass is 35.5. The summed E-state index contributed by atoms with van der Waals surface area (Å²) in [5.74, 6) is 0.311. The quantitative estimate of drug-likeness (QED) is 0.770. The van der Waals surface area contributed by atoms with Crippen LogP contribution in [0.4, 0.5) is 5.82 Å². The smallest absolute Gasteiger partial charge is 0.254 e. The minimum absolute atomic E-state index is 0.254. The van der Waals surface area contributed by atoms with Gasteiger partial charge in [0, 0.05) is 16.1 Å². The van der Waals surface area contributed by atoms with Crippen LogP contribution in [0.25, 0.3) is 0 Å². The van der Waals surface area contributed by atoms with E-state index in [-0.39, 0.29) is 5.91 Å². The average molecular weight is 354 g/mol. The number of hydrogen-bond donors (Lipinski definition) is 1. The highest BCUT2D eigenvalue weighted by Gasteiger charge is 2.15. The zero-order chi connectivity index (χ0) is 16.8. The molecule has 1 aromatic heterocycles. The molecule has 2 aromatic rings. The molecule has 0 bridgehead atoms. The van der Waals surface area contributed by atoms with E-state index < -0.39 is 6.10 Å². The Morgan fingerprint density at radius 2 is 2.26 bits per heavy atom. The van der Waals surface area contributed by atoms with Crippen molar-refractivity contribution in [3.63, 3.8) is 0 Å². The Morgan fingerprint density at radius 1 is 1.48 bits per heavy atom. The van der Waals surface area contributed by atoms with E-state index in [0.717, 1.165) is 5.56 Å². The van der Waals surface area contributed by atoms with Crippen molar-refractivity contribution in [1.82, 2.24) is 9.78 Å². The maximum absolute atomic E-state index is 12.1. The van der Waals surface area contributed by atoms with Crippen molar-refractivity contribution in [2.75, 3.05) is 11.9 Å². The molecule has 23 heavy (non-hydrogen) atoms. The number of hydrogen-bond acceptors (Lipinski definition) is 3. The zero-order valence-corrected chi connectivity index (χ0v) is 14.1. The van der Waals surface area contributed by atoms with Gasteiger partial charge >= 0.3 is 0 Å². The Labute approximate surface area is 144 Å². The van der Waals surface area contributed by atoms with Crippen molar-refractivity contribution >= 4 is 34.9 Å². The van der Waals surface area contributed by atoms with Gasteiger partial charge in [0.2, 0.25) is 0 Å². The van der Waals surface area contributed by atoms with Crippen LogP contribution in [0, 0.1) is 0 Å². The molecule has 1 heterocycles. The molecular weight excluding hydrogens is 337 g/mol. The van der Waals surface area contributed by atoms with Gasteiger partial charge < -0.3 is 10.1 Å². The molecule has 0 aliphatic carbocycles. The molecule has 0 saturated heterocycles. The second-order valence-corrected chi connectivity index (χ2v) is 5.71. The maximum Gasteiger partial charge on any atom is 0.254 e. The van der Waals surface area contributed by atoms with Gasteiger partial charge in [-0.25, -0.2) is 4.68 Å². The van der Waals surface area contributed by atoms with Gasteiger partial charge in [0.15, 0.2) is 0 Å². The first-order valence-electron chi connectivity index (χ1n) is 7.00. The molecule has 1 atom stereocenters. The fraction of sp³-hybridized carbons (Fsp3) is 0.250. The standard InChI is InChI=1S/C16H17Cl2N3O2/c1-3-8-23-11(2)16(22)20-15-6-7-19-21(15)10-12-4-5-13(17)9-14(12)18/h3-7,9,11H,1,8,10H2,2H3,(H,20,22). The van der Waals surface area contributed by atoms with Crippen LogP contribution in [-0.2, 0) is 16.1 Å². The Balaban J connectivity index is 2.07. The molecule has 0 aliphatic rings. The lowest BCUT2D eigenvalue weighted by atomic mass is 10.2. The van der Waals surface area contributed by atoms with Crippen LogP contribution in [-0.4, -0.2) is 28.4 Å². The fourth-order valence-electron chi connectivity index (χ4n) is 1.89. The van der Waals surface area contributed by atoms with Crippen molar-refractivity contribution in [3.8, 4) is 0 Å². The zero-order valence-electron chi connectivity index (χ0n) is 12.6. The van der Waals surface area contributed by atoms with E-state index >= 15 is 0 Å². The minimum atomic E-state index is -0.588. The summed E-state index contributed by atoms with van der Waals surface area (Å²) in [7, 11) is 0. The largest absolute Gasteiger partial charge is 0.365 e. The van der Waals surface area contributed by atoms with Crippen molar-refractivity contribution in [2.24, 2.45) is 0 Å². The number of carbonyl (C=O) groups excluding carboxylic acids is 1. The van der Waals surface area contributed by atoms with E-state index in [4.69, 9.17) is 27.9 Å². The van der Waals surface area contributed by atoms with Gasteiger partial charge in [0.1, 0.15) is 11.9 Å². The molecule has 0 fully saturated rings. The van der Waals surface area contributed by atoms with Gasteiger partial charge in [-0.1, -0.05) is 35.3 Å². The van der Waals surface area contributed by atoms with Crippen LogP contribution in [0.1, 0.15) is 12.5 Å². The third-order valence-electron chi connectivity index (χ3n) is 3.14. The molecule has 5 nitrogen and oxygen atoms in total. The summed E-state index contributed by atoms with van der Waals surface area (Å²) >= 11 is 12.1. The van der Waals surface area contributed by atoms with Gasteiger partial charge in [-0.15, -0.1) is 6.58 Å². The highest BCUT2D eigenvalue weighted by molar-refractivity contribution is 6.35. The first-order chi connectivity index (χ1) is 11.0.